The van der Waals surface area contributed by atoms with E-state index in [1.54, 1.807) is 30.0 Å². The molecule has 2 N–H and O–H groups in total. The van der Waals surface area contributed by atoms with Gasteiger partial charge in [-0.15, -0.1) is 0 Å². The highest BCUT2D eigenvalue weighted by molar-refractivity contribution is 8.00. The molecule has 0 aliphatic carbocycles. The van der Waals surface area contributed by atoms with Crippen molar-refractivity contribution in [1.82, 2.24) is 4.90 Å². The van der Waals surface area contributed by atoms with Crippen LogP contribution in [0.4, 0.5) is 5.69 Å². The number of thioether (sulfide) groups is 1. The molecule has 1 saturated heterocycles. The third-order valence-electron chi connectivity index (χ3n) is 3.16. The lowest BCUT2D eigenvalue weighted by Crippen LogP contribution is -2.46. The van der Waals surface area contributed by atoms with Gasteiger partial charge in [0.15, 0.2) is 9.84 Å². The molecule has 1 unspecified atom stereocenters. The standard InChI is InChI=1S/C12H17ClN2O2S2/c1-19(16,17)12-8-18-5-4-15(12)7-9-6-10(13)2-3-11(9)14/h2-3,6,12H,4-5,7-8,14H2,1H3. The molecule has 1 heterocycles. The fourth-order valence-electron chi connectivity index (χ4n) is 2.12. The average Bonchev–Trinajstić information content (AvgIpc) is 2.33. The van der Waals surface area contributed by atoms with Crippen LogP contribution in [0.2, 0.25) is 5.02 Å². The third-order valence-corrected chi connectivity index (χ3v) is 6.09. The summed E-state index contributed by atoms with van der Waals surface area (Å²) in [4.78, 5) is 1.97. The smallest absolute Gasteiger partial charge is 0.164 e. The minimum absolute atomic E-state index is 0.440. The van der Waals surface area contributed by atoms with E-state index in [0.717, 1.165) is 17.9 Å². The van der Waals surface area contributed by atoms with Gasteiger partial charge in [-0.2, -0.15) is 11.8 Å². The summed E-state index contributed by atoms with van der Waals surface area (Å²) in [5, 5.41) is 0.177. The van der Waals surface area contributed by atoms with Gasteiger partial charge in [0.25, 0.3) is 0 Å². The molecular weight excluding hydrogens is 304 g/mol. The molecule has 2 rings (SSSR count). The van der Waals surface area contributed by atoms with E-state index in [0.29, 0.717) is 23.0 Å². The summed E-state index contributed by atoms with van der Waals surface area (Å²) in [6.45, 7) is 1.26. The summed E-state index contributed by atoms with van der Waals surface area (Å²) in [5.41, 5.74) is 7.45. The highest BCUT2D eigenvalue weighted by Gasteiger charge is 2.31. The number of nitrogens with zero attached hydrogens (tertiary/aromatic N) is 1. The van der Waals surface area contributed by atoms with Crippen molar-refractivity contribution < 1.29 is 8.42 Å². The van der Waals surface area contributed by atoms with Crippen molar-refractivity contribution in [3.05, 3.63) is 28.8 Å². The molecule has 0 radical (unpaired) electrons. The first-order valence-electron chi connectivity index (χ1n) is 5.92. The molecule has 0 bridgehead atoms. The Labute approximate surface area is 123 Å². The molecular formula is C12H17ClN2O2S2. The Morgan fingerprint density at radius 1 is 1.53 bits per heavy atom. The van der Waals surface area contributed by atoms with Gasteiger partial charge in [-0.25, -0.2) is 8.42 Å². The molecule has 1 aliphatic rings. The van der Waals surface area contributed by atoms with Crippen molar-refractivity contribution in [2.75, 3.05) is 30.0 Å². The van der Waals surface area contributed by atoms with E-state index in [4.69, 9.17) is 17.3 Å². The third kappa shape index (κ3) is 3.78. The first kappa shape index (κ1) is 15.0. The van der Waals surface area contributed by atoms with E-state index in [1.165, 1.54) is 6.26 Å². The number of hydrogen-bond acceptors (Lipinski definition) is 5. The first-order valence-corrected chi connectivity index (χ1v) is 9.41. The quantitative estimate of drug-likeness (QED) is 0.861. The maximum Gasteiger partial charge on any atom is 0.164 e. The Bertz CT molecular complexity index is 563. The lowest BCUT2D eigenvalue weighted by Gasteiger charge is -2.34. The molecule has 0 saturated carbocycles. The second-order valence-corrected chi connectivity index (χ2v) is 8.46. The molecule has 0 aromatic heterocycles. The van der Waals surface area contributed by atoms with Crippen molar-refractivity contribution in [1.29, 1.82) is 0 Å². The molecule has 4 nitrogen and oxygen atoms in total. The van der Waals surface area contributed by atoms with Gasteiger partial charge in [0.05, 0.1) is 0 Å². The van der Waals surface area contributed by atoms with E-state index in [1.807, 2.05) is 4.90 Å². The van der Waals surface area contributed by atoms with Crippen LogP contribution >= 0.6 is 23.4 Å². The fraction of sp³-hybridized carbons (Fsp3) is 0.500. The Hall–Kier alpha value is -0.430. The number of nitrogen functional groups attached to an aromatic ring is 1. The van der Waals surface area contributed by atoms with Crippen LogP contribution in [0.5, 0.6) is 0 Å². The Morgan fingerprint density at radius 2 is 2.26 bits per heavy atom. The summed E-state index contributed by atoms with van der Waals surface area (Å²) >= 11 is 7.64. The molecule has 1 aromatic rings. The minimum atomic E-state index is -3.09. The second kappa shape index (κ2) is 5.91. The predicted octanol–water partition coefficient (Wildman–Crippen LogP) is 1.84. The van der Waals surface area contributed by atoms with Crippen LogP contribution < -0.4 is 5.73 Å². The van der Waals surface area contributed by atoms with Crippen molar-refractivity contribution in [2.45, 2.75) is 11.9 Å². The highest BCUT2D eigenvalue weighted by atomic mass is 35.5. The van der Waals surface area contributed by atoms with Gasteiger partial charge in [0, 0.05) is 41.6 Å². The van der Waals surface area contributed by atoms with Crippen LogP contribution in [0, 0.1) is 0 Å². The number of nitrogens with two attached hydrogens (primary N) is 1. The van der Waals surface area contributed by atoms with Gasteiger partial charge in [-0.05, 0) is 23.8 Å². The molecule has 0 amide bonds. The van der Waals surface area contributed by atoms with Gasteiger partial charge in [0.2, 0.25) is 0 Å². The maximum atomic E-state index is 11.8. The van der Waals surface area contributed by atoms with E-state index < -0.39 is 15.2 Å². The summed E-state index contributed by atoms with van der Waals surface area (Å²) in [6, 6.07) is 5.30. The number of halogens is 1. The number of anilines is 1. The van der Waals surface area contributed by atoms with E-state index in [9.17, 15) is 8.42 Å². The van der Waals surface area contributed by atoms with Crippen molar-refractivity contribution in [2.24, 2.45) is 0 Å². The van der Waals surface area contributed by atoms with Crippen LogP contribution in [0.25, 0.3) is 0 Å². The van der Waals surface area contributed by atoms with Gasteiger partial charge >= 0.3 is 0 Å². The Kier molecular flexibility index (Phi) is 4.66. The van der Waals surface area contributed by atoms with Crippen LogP contribution in [-0.4, -0.2) is 43.0 Å². The molecule has 0 spiro atoms. The summed E-state index contributed by atoms with van der Waals surface area (Å²) in [5.74, 6) is 1.55. The summed E-state index contributed by atoms with van der Waals surface area (Å²) < 4.78 is 23.7. The highest BCUT2D eigenvalue weighted by Crippen LogP contribution is 2.25. The van der Waals surface area contributed by atoms with Crippen molar-refractivity contribution in [3.8, 4) is 0 Å². The first-order chi connectivity index (χ1) is 8.88. The van der Waals surface area contributed by atoms with Crippen LogP contribution in [-0.2, 0) is 16.4 Å². The van der Waals surface area contributed by atoms with Crippen LogP contribution in [0.3, 0.4) is 0 Å². The number of benzene rings is 1. The summed E-state index contributed by atoms with van der Waals surface area (Å²) in [7, 11) is -3.09. The van der Waals surface area contributed by atoms with Gasteiger partial charge < -0.3 is 5.73 Å². The number of rotatable bonds is 3. The molecule has 19 heavy (non-hydrogen) atoms. The SMILES string of the molecule is CS(=O)(=O)C1CSCCN1Cc1cc(Cl)ccc1N. The lowest BCUT2D eigenvalue weighted by atomic mass is 10.1. The monoisotopic (exact) mass is 320 g/mol. The van der Waals surface area contributed by atoms with Crippen molar-refractivity contribution in [3.63, 3.8) is 0 Å². The Morgan fingerprint density at radius 3 is 2.95 bits per heavy atom. The van der Waals surface area contributed by atoms with E-state index in [-0.39, 0.29) is 0 Å². The van der Waals surface area contributed by atoms with Gasteiger partial charge in [-0.3, -0.25) is 4.90 Å². The topological polar surface area (TPSA) is 63.4 Å². The zero-order valence-electron chi connectivity index (χ0n) is 10.7. The normalized spacial score (nSPS) is 21.5. The molecule has 1 aliphatic heterocycles. The van der Waals surface area contributed by atoms with E-state index in [2.05, 4.69) is 0 Å². The van der Waals surface area contributed by atoms with Crippen LogP contribution in [0.1, 0.15) is 5.56 Å². The van der Waals surface area contributed by atoms with Crippen molar-refractivity contribution >= 4 is 38.9 Å². The largest absolute Gasteiger partial charge is 0.398 e. The molecule has 1 aromatic carbocycles. The molecule has 1 fully saturated rings. The molecule has 1 atom stereocenters. The van der Waals surface area contributed by atoms with Gasteiger partial charge in [0.1, 0.15) is 5.37 Å². The second-order valence-electron chi connectivity index (χ2n) is 4.67. The summed E-state index contributed by atoms with van der Waals surface area (Å²) in [6.07, 6.45) is 1.29. The molecule has 7 heteroatoms. The predicted molar refractivity (Wildman–Crippen MR) is 82.2 cm³/mol. The molecule has 106 valence electrons. The van der Waals surface area contributed by atoms with Gasteiger partial charge in [-0.1, -0.05) is 11.6 Å². The Balaban J connectivity index is 2.22. The zero-order chi connectivity index (χ0) is 14.0. The number of sulfone groups is 1. The maximum absolute atomic E-state index is 11.8. The number of hydrogen-bond donors (Lipinski definition) is 1. The van der Waals surface area contributed by atoms with E-state index >= 15 is 0 Å². The lowest BCUT2D eigenvalue weighted by molar-refractivity contribution is 0.263. The van der Waals surface area contributed by atoms with Crippen LogP contribution in [0.15, 0.2) is 18.2 Å². The zero-order valence-corrected chi connectivity index (χ0v) is 13.1. The fourth-order valence-corrected chi connectivity index (χ4v) is 5.26. The minimum Gasteiger partial charge on any atom is -0.398 e. The average molecular weight is 321 g/mol.